The predicted molar refractivity (Wildman–Crippen MR) is 108 cm³/mol. The van der Waals surface area contributed by atoms with Gasteiger partial charge in [0.15, 0.2) is 5.96 Å². The monoisotopic (exact) mass is 375 g/mol. The van der Waals surface area contributed by atoms with E-state index in [9.17, 15) is 0 Å². The van der Waals surface area contributed by atoms with Crippen LogP contribution < -0.4 is 10.1 Å². The van der Waals surface area contributed by atoms with Gasteiger partial charge in [-0.2, -0.15) is 0 Å². The van der Waals surface area contributed by atoms with Crippen molar-refractivity contribution in [2.24, 2.45) is 4.99 Å². The van der Waals surface area contributed by atoms with Crippen molar-refractivity contribution in [1.82, 2.24) is 10.2 Å². The Bertz CT molecular complexity index is 616. The number of hydrogen-bond donors (Lipinski definition) is 1. The molecule has 150 valence electrons. The first-order chi connectivity index (χ1) is 13.2. The van der Waals surface area contributed by atoms with E-state index < -0.39 is 0 Å². The lowest BCUT2D eigenvalue weighted by molar-refractivity contribution is -0.0817. The van der Waals surface area contributed by atoms with E-state index in [1.165, 1.54) is 0 Å². The number of nitrogens with zero attached hydrogens (tertiary/aromatic N) is 2. The number of aryl methyl sites for hydroxylation is 1. The van der Waals surface area contributed by atoms with Crippen molar-refractivity contribution in [3.63, 3.8) is 0 Å². The van der Waals surface area contributed by atoms with Crippen molar-refractivity contribution in [1.29, 1.82) is 0 Å². The average molecular weight is 376 g/mol. The largest absolute Gasteiger partial charge is 0.489 e. The van der Waals surface area contributed by atoms with Crippen LogP contribution in [0.1, 0.15) is 32.3 Å². The van der Waals surface area contributed by atoms with Crippen LogP contribution in [0, 0.1) is 6.92 Å². The summed E-state index contributed by atoms with van der Waals surface area (Å²) in [5.41, 5.74) is 1.15. The SMILES string of the molecule is CCNC(=NCC(C)Oc1ccccc1C)N1CCOC(C2CCCO2)C1. The summed E-state index contributed by atoms with van der Waals surface area (Å²) < 4.78 is 17.9. The zero-order chi connectivity index (χ0) is 19.1. The van der Waals surface area contributed by atoms with E-state index in [4.69, 9.17) is 19.2 Å². The van der Waals surface area contributed by atoms with Crippen molar-refractivity contribution in [2.75, 3.05) is 39.4 Å². The molecule has 1 aromatic carbocycles. The van der Waals surface area contributed by atoms with E-state index in [1.54, 1.807) is 0 Å². The van der Waals surface area contributed by atoms with Crippen LogP contribution in [0.3, 0.4) is 0 Å². The first-order valence-electron chi connectivity index (χ1n) is 10.2. The van der Waals surface area contributed by atoms with Gasteiger partial charge in [0.25, 0.3) is 0 Å². The Morgan fingerprint density at radius 2 is 2.11 bits per heavy atom. The van der Waals surface area contributed by atoms with Gasteiger partial charge in [-0.1, -0.05) is 18.2 Å². The van der Waals surface area contributed by atoms with Crippen LogP contribution in [-0.4, -0.2) is 68.6 Å². The minimum Gasteiger partial charge on any atom is -0.489 e. The first kappa shape index (κ1) is 20.0. The molecule has 27 heavy (non-hydrogen) atoms. The lowest BCUT2D eigenvalue weighted by Gasteiger charge is -2.37. The van der Waals surface area contributed by atoms with Crippen LogP contribution in [-0.2, 0) is 9.47 Å². The van der Waals surface area contributed by atoms with Gasteiger partial charge in [0.05, 0.1) is 19.3 Å². The molecule has 2 aliphatic heterocycles. The summed E-state index contributed by atoms with van der Waals surface area (Å²) in [6.45, 7) is 10.9. The molecule has 3 rings (SSSR count). The number of benzene rings is 1. The molecule has 3 atom stereocenters. The second-order valence-corrected chi connectivity index (χ2v) is 7.30. The molecule has 3 unspecified atom stereocenters. The molecule has 0 bridgehead atoms. The Morgan fingerprint density at radius 3 is 2.85 bits per heavy atom. The summed E-state index contributed by atoms with van der Waals surface area (Å²) in [5, 5.41) is 3.42. The summed E-state index contributed by atoms with van der Waals surface area (Å²) in [4.78, 5) is 7.13. The van der Waals surface area contributed by atoms with Crippen LogP contribution in [0.4, 0.5) is 0 Å². The maximum atomic E-state index is 6.07. The number of nitrogens with one attached hydrogen (secondary N) is 1. The first-order valence-corrected chi connectivity index (χ1v) is 10.2. The normalized spacial score (nSPS) is 24.7. The molecule has 2 heterocycles. The highest BCUT2D eigenvalue weighted by Crippen LogP contribution is 2.21. The molecular formula is C21H33N3O3. The number of guanidine groups is 1. The van der Waals surface area contributed by atoms with Gasteiger partial charge in [-0.15, -0.1) is 0 Å². The fourth-order valence-electron chi connectivity index (χ4n) is 3.57. The zero-order valence-electron chi connectivity index (χ0n) is 16.8. The molecule has 2 fully saturated rings. The highest BCUT2D eigenvalue weighted by atomic mass is 16.5. The molecule has 0 spiro atoms. The Hall–Kier alpha value is -1.79. The average Bonchev–Trinajstić information content (AvgIpc) is 3.22. The number of para-hydroxylation sites is 1. The molecular weight excluding hydrogens is 342 g/mol. The van der Waals surface area contributed by atoms with Crippen LogP contribution in [0.15, 0.2) is 29.3 Å². The quantitative estimate of drug-likeness (QED) is 0.612. The Labute approximate surface area is 162 Å². The molecule has 0 aromatic heterocycles. The zero-order valence-corrected chi connectivity index (χ0v) is 16.8. The third kappa shape index (κ3) is 5.59. The summed E-state index contributed by atoms with van der Waals surface area (Å²) in [6.07, 6.45) is 2.58. The Morgan fingerprint density at radius 1 is 1.30 bits per heavy atom. The number of ether oxygens (including phenoxy) is 3. The summed E-state index contributed by atoms with van der Waals surface area (Å²) in [6, 6.07) is 8.10. The van der Waals surface area contributed by atoms with Crippen LogP contribution >= 0.6 is 0 Å². The molecule has 1 aromatic rings. The molecule has 1 N–H and O–H groups in total. The van der Waals surface area contributed by atoms with Crippen LogP contribution in [0.2, 0.25) is 0 Å². The van der Waals surface area contributed by atoms with Crippen molar-refractivity contribution in [2.45, 2.75) is 51.9 Å². The van der Waals surface area contributed by atoms with E-state index in [0.29, 0.717) is 13.2 Å². The Kier molecular flexibility index (Phi) is 7.35. The topological polar surface area (TPSA) is 55.3 Å². The Balaban J connectivity index is 1.59. The molecule has 0 aliphatic carbocycles. The van der Waals surface area contributed by atoms with Gasteiger partial charge in [0.2, 0.25) is 0 Å². The van der Waals surface area contributed by atoms with E-state index in [0.717, 1.165) is 56.4 Å². The maximum Gasteiger partial charge on any atom is 0.194 e. The standard InChI is InChI=1S/C21H33N3O3/c1-4-22-21(23-14-17(3)27-18-9-6-5-8-16(18)2)24-11-13-26-20(15-24)19-10-7-12-25-19/h5-6,8-9,17,19-20H,4,7,10-15H2,1-3H3,(H,22,23). The molecule has 2 saturated heterocycles. The molecule has 0 radical (unpaired) electrons. The van der Waals surface area contributed by atoms with Crippen molar-refractivity contribution in [3.8, 4) is 5.75 Å². The third-order valence-electron chi connectivity index (χ3n) is 5.03. The summed E-state index contributed by atoms with van der Waals surface area (Å²) in [7, 11) is 0. The van der Waals surface area contributed by atoms with Gasteiger partial charge in [0, 0.05) is 26.2 Å². The molecule has 2 aliphatic rings. The van der Waals surface area contributed by atoms with Crippen molar-refractivity contribution < 1.29 is 14.2 Å². The smallest absolute Gasteiger partial charge is 0.194 e. The number of rotatable bonds is 6. The van der Waals surface area contributed by atoms with Crippen LogP contribution in [0.25, 0.3) is 0 Å². The minimum atomic E-state index is 0.00904. The summed E-state index contributed by atoms with van der Waals surface area (Å²) >= 11 is 0. The van der Waals surface area contributed by atoms with Crippen LogP contribution in [0.5, 0.6) is 5.75 Å². The molecule has 0 amide bonds. The van der Waals surface area contributed by atoms with Gasteiger partial charge in [-0.3, -0.25) is 0 Å². The molecule has 6 heteroatoms. The maximum absolute atomic E-state index is 6.07. The van der Waals surface area contributed by atoms with Gasteiger partial charge >= 0.3 is 0 Å². The second kappa shape index (κ2) is 9.95. The number of aliphatic imine (C=N–C) groups is 1. The van der Waals surface area contributed by atoms with E-state index in [2.05, 4.69) is 37.1 Å². The number of morpholine rings is 1. The van der Waals surface area contributed by atoms with Crippen molar-refractivity contribution >= 4 is 5.96 Å². The summed E-state index contributed by atoms with van der Waals surface area (Å²) in [5.74, 6) is 1.86. The van der Waals surface area contributed by atoms with Gasteiger partial charge in [-0.25, -0.2) is 4.99 Å². The van der Waals surface area contributed by atoms with E-state index in [1.807, 2.05) is 18.2 Å². The molecule has 6 nitrogen and oxygen atoms in total. The van der Waals surface area contributed by atoms with Gasteiger partial charge in [0.1, 0.15) is 18.0 Å². The van der Waals surface area contributed by atoms with E-state index in [-0.39, 0.29) is 18.3 Å². The fourth-order valence-corrected chi connectivity index (χ4v) is 3.57. The van der Waals surface area contributed by atoms with E-state index >= 15 is 0 Å². The van der Waals surface area contributed by atoms with Crippen molar-refractivity contribution in [3.05, 3.63) is 29.8 Å². The number of hydrogen-bond acceptors (Lipinski definition) is 4. The lowest BCUT2D eigenvalue weighted by Crippen LogP contribution is -2.53. The third-order valence-corrected chi connectivity index (χ3v) is 5.03. The van der Waals surface area contributed by atoms with Gasteiger partial charge < -0.3 is 24.4 Å². The second-order valence-electron chi connectivity index (χ2n) is 7.30. The van der Waals surface area contributed by atoms with Gasteiger partial charge in [-0.05, 0) is 45.2 Å². The minimum absolute atomic E-state index is 0.00904. The fraction of sp³-hybridized carbons (Fsp3) is 0.667. The highest BCUT2D eigenvalue weighted by molar-refractivity contribution is 5.80. The highest BCUT2D eigenvalue weighted by Gasteiger charge is 2.32. The lowest BCUT2D eigenvalue weighted by atomic mass is 10.1. The molecule has 0 saturated carbocycles. The predicted octanol–water partition coefficient (Wildman–Crippen LogP) is 2.61.